The van der Waals surface area contributed by atoms with Gasteiger partial charge in [-0.2, -0.15) is 9.98 Å². The number of nitrogens with one attached hydrogen (secondary N) is 2. The summed E-state index contributed by atoms with van der Waals surface area (Å²) < 4.78 is 10.3. The van der Waals surface area contributed by atoms with Crippen LogP contribution in [0.25, 0.3) is 12.2 Å². The highest BCUT2D eigenvalue weighted by Crippen LogP contribution is 2.34. The van der Waals surface area contributed by atoms with Crippen LogP contribution in [0.1, 0.15) is 102 Å². The van der Waals surface area contributed by atoms with E-state index >= 15 is 0 Å². The van der Waals surface area contributed by atoms with Crippen LogP contribution < -0.4 is 16.4 Å². The number of nitrogens with two attached hydrogens (primary N) is 1. The van der Waals surface area contributed by atoms with Crippen LogP contribution in [-0.4, -0.2) is 103 Å². The molecule has 0 aliphatic carbocycles. The van der Waals surface area contributed by atoms with E-state index in [1.165, 1.54) is 67.7 Å². The van der Waals surface area contributed by atoms with Gasteiger partial charge in [0.1, 0.15) is 11.2 Å². The van der Waals surface area contributed by atoms with Gasteiger partial charge < -0.3 is 25.0 Å². The Hall–Kier alpha value is -5.79. The number of amides is 4. The number of rotatable bonds is 5. The van der Waals surface area contributed by atoms with E-state index in [0.717, 1.165) is 54.9 Å². The summed E-state index contributed by atoms with van der Waals surface area (Å²) in [6.45, 7) is 14.5. The van der Waals surface area contributed by atoms with Gasteiger partial charge in [0, 0.05) is 80.2 Å². The number of aliphatic imine (C=N–C) groups is 2. The van der Waals surface area contributed by atoms with Gasteiger partial charge in [0.15, 0.2) is 16.6 Å². The van der Waals surface area contributed by atoms with Crippen LogP contribution in [0.5, 0.6) is 0 Å². The lowest BCUT2D eigenvalue weighted by atomic mass is 10.1. The van der Waals surface area contributed by atoms with Crippen molar-refractivity contribution in [3.8, 4) is 0 Å². The zero-order valence-electron chi connectivity index (χ0n) is 36.8. The summed E-state index contributed by atoms with van der Waals surface area (Å²) in [5.41, 5.74) is 7.95. The molecule has 0 bridgehead atoms. The number of ether oxygens (including phenoxy) is 2. The molecule has 2 fully saturated rings. The van der Waals surface area contributed by atoms with E-state index < -0.39 is 23.4 Å². The summed E-state index contributed by atoms with van der Waals surface area (Å²) in [6.07, 6.45) is 19.4. The van der Waals surface area contributed by atoms with Gasteiger partial charge in [-0.25, -0.2) is 9.59 Å². The van der Waals surface area contributed by atoms with Crippen LogP contribution in [0.3, 0.4) is 0 Å². The molecule has 4 amide bonds. The predicted molar refractivity (Wildman–Crippen MR) is 256 cm³/mol. The van der Waals surface area contributed by atoms with Gasteiger partial charge in [-0.15, -0.1) is 12.4 Å². The van der Waals surface area contributed by atoms with Crippen molar-refractivity contribution in [2.45, 2.75) is 91.3 Å². The van der Waals surface area contributed by atoms with Crippen LogP contribution in [0.15, 0.2) is 75.2 Å². The number of nitrogen functional groups attached to an aromatic ring is 1. The third kappa shape index (κ3) is 16.1. The first-order valence-corrected chi connectivity index (χ1v) is 22.2. The largest absolute Gasteiger partial charge is 0.444 e. The number of thioether (sulfide) groups is 2. The zero-order chi connectivity index (χ0) is 45.6. The number of hydrogen-bond acceptors (Lipinski definition) is 15. The Kier molecular flexibility index (Phi) is 18.9. The van der Waals surface area contributed by atoms with Crippen LogP contribution in [0.4, 0.5) is 26.7 Å². The second kappa shape index (κ2) is 23.8. The second-order valence-electron chi connectivity index (χ2n) is 16.5. The van der Waals surface area contributed by atoms with Crippen molar-refractivity contribution in [1.29, 1.82) is 0 Å². The number of anilines is 3. The Morgan fingerprint density at radius 3 is 1.45 bits per heavy atom. The molecule has 3 aromatic heterocycles. The summed E-state index contributed by atoms with van der Waals surface area (Å²) in [5, 5.41) is 6.79. The molecule has 17 nitrogen and oxygen atoms in total. The van der Waals surface area contributed by atoms with Crippen LogP contribution >= 0.6 is 35.9 Å². The standard InChI is InChI=1S/C19H24N4O3S.C14H16N4OS.C11H14N2O3.ClH/c1-19(2,3)26-18(25)21-14-7-8-20-12-13(14)11-15-16(24)22-17(27-15)23-9-5-4-6-10-23;15-11-4-5-16-9-10(11)8-12-13(19)17-14(20-12)18-6-2-1-3-7-18;1-11(2,3)16-10(15)13-9-4-5-12-6-8(9)7-14;/h7-8,11-12H,4-6,9-10H2,1-3H3,(H,20,21,25);4-5,8-9H,1-3,6-7H2,(H2,15,16);4-7H,1-3H3,(H,12,13,15);1H/b15-11-;12-8-;;. The highest BCUT2D eigenvalue weighted by Gasteiger charge is 2.29. The Morgan fingerprint density at radius 1 is 0.641 bits per heavy atom. The van der Waals surface area contributed by atoms with Crippen molar-refractivity contribution in [1.82, 2.24) is 24.8 Å². The number of amidine groups is 2. The van der Waals surface area contributed by atoms with Crippen molar-refractivity contribution in [2.75, 3.05) is 42.5 Å². The van der Waals surface area contributed by atoms with Crippen molar-refractivity contribution < 1.29 is 33.4 Å². The molecule has 0 saturated carbocycles. The highest BCUT2D eigenvalue weighted by molar-refractivity contribution is 8.18. The second-order valence-corrected chi connectivity index (χ2v) is 18.5. The van der Waals surface area contributed by atoms with Gasteiger partial charge in [0.2, 0.25) is 0 Å². The molecule has 4 N–H and O–H groups in total. The third-order valence-electron chi connectivity index (χ3n) is 9.03. The number of nitrogens with zero attached hydrogens (tertiary/aromatic N) is 7. The SMILES string of the molecule is CC(C)(C)OC(=O)Nc1ccncc1/C=C1\SC(N2CCCCC2)=NC1=O.CC(C)(C)OC(=O)Nc1ccncc1C=O.Cl.Nc1ccncc1/C=C1\SC(N2CCCCC2)=NC1=O. The number of pyridine rings is 3. The van der Waals surface area contributed by atoms with Gasteiger partial charge in [-0.05, 0) is 134 Å². The number of aromatic nitrogens is 3. The Morgan fingerprint density at radius 2 is 1.03 bits per heavy atom. The minimum Gasteiger partial charge on any atom is -0.444 e. The summed E-state index contributed by atoms with van der Waals surface area (Å²) >= 11 is 2.81. The first kappa shape index (κ1) is 50.9. The molecular weight excluding hydrogens is 880 g/mol. The van der Waals surface area contributed by atoms with Crippen LogP contribution in [-0.2, 0) is 19.1 Å². The van der Waals surface area contributed by atoms with E-state index in [-0.39, 0.29) is 24.2 Å². The summed E-state index contributed by atoms with van der Waals surface area (Å²) in [4.78, 5) is 84.2. The Balaban J connectivity index is 0.000000217. The van der Waals surface area contributed by atoms with E-state index in [1.807, 2.05) is 0 Å². The monoisotopic (exact) mass is 934 g/mol. The fourth-order valence-electron chi connectivity index (χ4n) is 6.13. The number of hydrogen-bond donors (Lipinski definition) is 3. The lowest BCUT2D eigenvalue weighted by molar-refractivity contribution is -0.114. The van der Waals surface area contributed by atoms with Crippen LogP contribution in [0.2, 0.25) is 0 Å². The number of carbonyl (C=O) groups is 5. The number of likely N-dealkylation sites (tertiary alicyclic amines) is 2. The smallest absolute Gasteiger partial charge is 0.412 e. The molecule has 20 heteroatoms. The number of halogens is 1. The quantitative estimate of drug-likeness (QED) is 0.161. The van der Waals surface area contributed by atoms with E-state index in [0.29, 0.717) is 44.3 Å². The van der Waals surface area contributed by atoms with Gasteiger partial charge in [-0.3, -0.25) is 40.0 Å². The lowest BCUT2D eigenvalue weighted by Crippen LogP contribution is -2.33. The minimum absolute atomic E-state index is 0. The maximum atomic E-state index is 12.3. The maximum absolute atomic E-state index is 12.3. The molecule has 4 aliphatic rings. The Labute approximate surface area is 388 Å². The topological polar surface area (TPSA) is 224 Å². The van der Waals surface area contributed by atoms with E-state index in [1.54, 1.807) is 90.6 Å². The van der Waals surface area contributed by atoms with E-state index in [2.05, 4.69) is 45.4 Å². The molecule has 342 valence electrons. The first-order chi connectivity index (χ1) is 30.0. The van der Waals surface area contributed by atoms with Gasteiger partial charge in [0.25, 0.3) is 11.8 Å². The molecule has 0 radical (unpaired) electrons. The Bertz CT molecular complexity index is 2280. The first-order valence-electron chi connectivity index (χ1n) is 20.6. The maximum Gasteiger partial charge on any atom is 0.412 e. The summed E-state index contributed by atoms with van der Waals surface area (Å²) in [7, 11) is 0. The fraction of sp³-hybridized carbons (Fsp3) is 0.409. The normalized spacial score (nSPS) is 17.5. The average Bonchev–Trinajstić information content (AvgIpc) is 3.80. The van der Waals surface area contributed by atoms with Crippen molar-refractivity contribution in [3.05, 3.63) is 81.9 Å². The molecule has 7 heterocycles. The van der Waals surface area contributed by atoms with Crippen molar-refractivity contribution in [2.24, 2.45) is 9.98 Å². The van der Waals surface area contributed by atoms with Gasteiger partial charge in [0.05, 0.1) is 26.7 Å². The molecule has 0 unspecified atom stereocenters. The molecule has 3 aromatic rings. The summed E-state index contributed by atoms with van der Waals surface area (Å²) in [5.74, 6) is -0.438. The van der Waals surface area contributed by atoms with Crippen molar-refractivity contribution >= 4 is 106 Å². The minimum atomic E-state index is -0.596. The predicted octanol–water partition coefficient (Wildman–Crippen LogP) is 8.67. The lowest BCUT2D eigenvalue weighted by Gasteiger charge is -2.27. The molecule has 0 aromatic carbocycles. The van der Waals surface area contributed by atoms with Crippen molar-refractivity contribution in [3.63, 3.8) is 0 Å². The van der Waals surface area contributed by atoms with Crippen LogP contribution in [0, 0.1) is 0 Å². The highest BCUT2D eigenvalue weighted by atomic mass is 35.5. The summed E-state index contributed by atoms with van der Waals surface area (Å²) in [6, 6.07) is 4.93. The van der Waals surface area contributed by atoms with Gasteiger partial charge >= 0.3 is 12.2 Å². The molecule has 0 spiro atoms. The molecule has 4 aliphatic heterocycles. The number of piperidine rings is 2. The third-order valence-corrected chi connectivity index (χ3v) is 11.1. The molecule has 2 saturated heterocycles. The molecule has 64 heavy (non-hydrogen) atoms. The number of carbonyl (C=O) groups excluding carboxylic acids is 5. The number of aldehydes is 1. The molecular formula is C44H55ClN10O7S2. The van der Waals surface area contributed by atoms with Gasteiger partial charge in [-0.1, -0.05) is 0 Å². The average molecular weight is 936 g/mol. The van der Waals surface area contributed by atoms with E-state index in [4.69, 9.17) is 15.2 Å². The zero-order valence-corrected chi connectivity index (χ0v) is 39.2. The molecule has 0 atom stereocenters. The fourth-order valence-corrected chi connectivity index (χ4v) is 8.05. The van der Waals surface area contributed by atoms with E-state index in [9.17, 15) is 24.0 Å². The molecule has 7 rings (SSSR count).